The van der Waals surface area contributed by atoms with Crippen LogP contribution in [0.25, 0.3) is 0 Å². The number of hydrogen-bond acceptors (Lipinski definition) is 5. The summed E-state index contributed by atoms with van der Waals surface area (Å²) in [6, 6.07) is 38.4. The Hall–Kier alpha value is -4.38. The lowest BCUT2D eigenvalue weighted by Crippen LogP contribution is -2.45. The molecule has 0 spiro atoms. The lowest BCUT2D eigenvalue weighted by atomic mass is 9.64. The molecular weight excluding hydrogens is 544 g/mol. The van der Waals surface area contributed by atoms with Crippen molar-refractivity contribution in [3.63, 3.8) is 0 Å². The molecule has 5 atom stereocenters. The van der Waals surface area contributed by atoms with Gasteiger partial charge in [-0.05, 0) is 77.3 Å². The van der Waals surface area contributed by atoms with Gasteiger partial charge in [-0.25, -0.2) is 0 Å². The fourth-order valence-electron chi connectivity index (χ4n) is 7.14. The Bertz CT molecular complexity index is 1570. The highest BCUT2D eigenvalue weighted by molar-refractivity contribution is 6.14. The summed E-state index contributed by atoms with van der Waals surface area (Å²) < 4.78 is 12.2. The van der Waals surface area contributed by atoms with E-state index in [2.05, 4.69) is 63.2 Å². The smallest absolute Gasteiger partial charge is 0.317 e. The summed E-state index contributed by atoms with van der Waals surface area (Å²) in [7, 11) is 1.66. The highest BCUT2D eigenvalue weighted by Crippen LogP contribution is 2.46. The first kappa shape index (κ1) is 29.7. The van der Waals surface area contributed by atoms with Gasteiger partial charge in [0.2, 0.25) is 0 Å². The number of carbonyl (C=O) groups excluding carboxylic acids is 1. The van der Waals surface area contributed by atoms with E-state index in [1.165, 1.54) is 5.56 Å². The van der Waals surface area contributed by atoms with Crippen LogP contribution in [0.5, 0.6) is 5.75 Å². The van der Waals surface area contributed by atoms with Crippen LogP contribution in [0.15, 0.2) is 120 Å². The monoisotopic (exact) mass is 586 g/mol. The number of nitrogens with zero attached hydrogens (tertiary/aromatic N) is 2. The molecule has 5 nitrogen and oxygen atoms in total. The standard InChI is InChI=1S/C39H42N2O3/c1-27-20-25-33(39(2,3)30-16-10-6-11-17-30)34(26-27)44-38(42)35-36(28-21-23-32(43-4)24-22-28)40-41(31-18-12-7-13-19-31)37(35)29-14-8-5-9-15-29/h5-19,21-24,27,33-35,37H,20,25-26H2,1-4H3/t27-,33-,34-,35+,37-/m1/s1. The predicted octanol–water partition coefficient (Wildman–Crippen LogP) is 8.60. The van der Waals surface area contributed by atoms with Crippen molar-refractivity contribution in [3.8, 4) is 5.75 Å². The van der Waals surface area contributed by atoms with E-state index in [4.69, 9.17) is 14.6 Å². The molecule has 0 amide bonds. The number of hydrogen-bond donors (Lipinski definition) is 0. The molecule has 0 saturated heterocycles. The summed E-state index contributed by atoms with van der Waals surface area (Å²) in [5, 5.41) is 7.17. The number of carbonyl (C=O) groups is 1. The van der Waals surface area contributed by atoms with E-state index in [9.17, 15) is 4.79 Å². The average molecular weight is 587 g/mol. The molecule has 6 rings (SSSR count). The molecule has 5 heteroatoms. The van der Waals surface area contributed by atoms with E-state index in [1.807, 2.05) is 77.8 Å². The summed E-state index contributed by atoms with van der Waals surface area (Å²) in [6.45, 7) is 6.87. The van der Waals surface area contributed by atoms with Crippen molar-refractivity contribution in [1.82, 2.24) is 0 Å². The minimum atomic E-state index is -0.622. The van der Waals surface area contributed by atoms with Crippen LogP contribution in [0.4, 0.5) is 5.69 Å². The van der Waals surface area contributed by atoms with Crippen LogP contribution in [0.1, 0.15) is 62.8 Å². The first-order chi connectivity index (χ1) is 21.4. The van der Waals surface area contributed by atoms with Gasteiger partial charge in [-0.1, -0.05) is 106 Å². The van der Waals surface area contributed by atoms with Gasteiger partial charge in [-0.15, -0.1) is 0 Å². The van der Waals surface area contributed by atoms with Crippen molar-refractivity contribution in [2.75, 3.05) is 12.1 Å². The van der Waals surface area contributed by atoms with Gasteiger partial charge in [0.1, 0.15) is 17.8 Å². The Morgan fingerprint density at radius 2 is 1.43 bits per heavy atom. The molecule has 0 N–H and O–H groups in total. The number of methoxy groups -OCH3 is 1. The van der Waals surface area contributed by atoms with Gasteiger partial charge in [-0.2, -0.15) is 5.10 Å². The van der Waals surface area contributed by atoms with E-state index in [0.717, 1.165) is 41.8 Å². The summed E-state index contributed by atoms with van der Waals surface area (Å²) >= 11 is 0. The van der Waals surface area contributed by atoms with Crippen LogP contribution in [0, 0.1) is 17.8 Å². The van der Waals surface area contributed by atoms with Gasteiger partial charge in [0.15, 0.2) is 0 Å². The molecule has 4 aromatic rings. The molecular formula is C39H42N2O3. The fourth-order valence-corrected chi connectivity index (χ4v) is 7.14. The molecule has 0 aromatic heterocycles. The van der Waals surface area contributed by atoms with E-state index in [1.54, 1.807) is 7.11 Å². The highest BCUT2D eigenvalue weighted by Gasteiger charge is 2.48. The normalized spacial score (nSPS) is 23.6. The third-order valence-corrected chi connectivity index (χ3v) is 9.66. The van der Waals surface area contributed by atoms with Crippen molar-refractivity contribution in [2.45, 2.75) is 57.6 Å². The topological polar surface area (TPSA) is 51.1 Å². The molecule has 1 fully saturated rings. The maximum Gasteiger partial charge on any atom is 0.317 e. The van der Waals surface area contributed by atoms with Crippen LogP contribution >= 0.6 is 0 Å². The van der Waals surface area contributed by atoms with Crippen molar-refractivity contribution in [3.05, 3.63) is 132 Å². The maximum absolute atomic E-state index is 14.7. The van der Waals surface area contributed by atoms with Crippen LogP contribution < -0.4 is 9.75 Å². The lowest BCUT2D eigenvalue weighted by Gasteiger charge is -2.44. The minimum Gasteiger partial charge on any atom is -0.497 e. The number of anilines is 1. The van der Waals surface area contributed by atoms with Crippen molar-refractivity contribution in [1.29, 1.82) is 0 Å². The second-order valence-electron chi connectivity index (χ2n) is 12.8. The average Bonchev–Trinajstić information content (AvgIpc) is 3.47. The van der Waals surface area contributed by atoms with E-state index >= 15 is 0 Å². The van der Waals surface area contributed by atoms with Crippen LogP contribution in [0.2, 0.25) is 0 Å². The second kappa shape index (κ2) is 12.7. The number of para-hydroxylation sites is 1. The highest BCUT2D eigenvalue weighted by atomic mass is 16.5. The zero-order valence-electron chi connectivity index (χ0n) is 26.1. The maximum atomic E-state index is 14.7. The van der Waals surface area contributed by atoms with Gasteiger partial charge >= 0.3 is 5.97 Å². The fraction of sp³-hybridized carbons (Fsp3) is 0.333. The van der Waals surface area contributed by atoms with Crippen molar-refractivity contribution < 1.29 is 14.3 Å². The van der Waals surface area contributed by atoms with Crippen LogP contribution in [-0.4, -0.2) is 24.9 Å². The summed E-state index contributed by atoms with van der Waals surface area (Å²) in [5.74, 6) is 0.601. The molecule has 1 aliphatic carbocycles. The predicted molar refractivity (Wildman–Crippen MR) is 177 cm³/mol. The number of benzene rings is 4. The molecule has 4 aromatic carbocycles. The van der Waals surface area contributed by atoms with Crippen molar-refractivity contribution >= 4 is 17.4 Å². The Kier molecular flexibility index (Phi) is 8.56. The number of ether oxygens (including phenoxy) is 2. The largest absolute Gasteiger partial charge is 0.497 e. The minimum absolute atomic E-state index is 0.149. The first-order valence-electron chi connectivity index (χ1n) is 15.7. The molecule has 1 saturated carbocycles. The van der Waals surface area contributed by atoms with Crippen molar-refractivity contribution in [2.24, 2.45) is 22.9 Å². The van der Waals surface area contributed by atoms with Crippen LogP contribution in [-0.2, 0) is 14.9 Å². The molecule has 1 aliphatic heterocycles. The Balaban J connectivity index is 1.41. The lowest BCUT2D eigenvalue weighted by molar-refractivity contribution is -0.159. The van der Waals surface area contributed by atoms with E-state index in [-0.39, 0.29) is 29.4 Å². The molecule has 2 aliphatic rings. The van der Waals surface area contributed by atoms with Gasteiger partial charge < -0.3 is 9.47 Å². The van der Waals surface area contributed by atoms with Gasteiger partial charge in [0.05, 0.1) is 24.6 Å². The first-order valence-corrected chi connectivity index (χ1v) is 15.7. The quantitative estimate of drug-likeness (QED) is 0.194. The van der Waals surface area contributed by atoms with E-state index in [0.29, 0.717) is 11.6 Å². The SMILES string of the molecule is COc1ccc(C2=NN(c3ccccc3)[C@H](c3ccccc3)[C@H]2C(=O)O[C@@H]2C[C@H](C)CC[C@H]2C(C)(C)c2ccccc2)cc1. The number of esters is 1. The Morgan fingerprint density at radius 1 is 0.818 bits per heavy atom. The zero-order valence-corrected chi connectivity index (χ0v) is 26.1. The van der Waals surface area contributed by atoms with Gasteiger partial charge in [-0.3, -0.25) is 9.80 Å². The third kappa shape index (κ3) is 5.88. The van der Waals surface area contributed by atoms with E-state index < -0.39 is 5.92 Å². The molecule has 0 radical (unpaired) electrons. The molecule has 1 heterocycles. The molecule has 0 unspecified atom stereocenters. The molecule has 44 heavy (non-hydrogen) atoms. The number of hydrazone groups is 1. The number of rotatable bonds is 8. The third-order valence-electron chi connectivity index (χ3n) is 9.66. The van der Waals surface area contributed by atoms with Crippen LogP contribution in [0.3, 0.4) is 0 Å². The van der Waals surface area contributed by atoms with Gasteiger partial charge in [0, 0.05) is 5.92 Å². The summed E-state index contributed by atoms with van der Waals surface area (Å²) in [4.78, 5) is 14.7. The zero-order chi connectivity index (χ0) is 30.7. The molecule has 226 valence electrons. The second-order valence-corrected chi connectivity index (χ2v) is 12.8. The Labute approximate surface area is 261 Å². The molecule has 0 bridgehead atoms. The summed E-state index contributed by atoms with van der Waals surface area (Å²) in [6.07, 6.45) is 2.81. The van der Waals surface area contributed by atoms with Gasteiger partial charge in [0.25, 0.3) is 0 Å². The Morgan fingerprint density at radius 3 is 2.07 bits per heavy atom. The summed E-state index contributed by atoms with van der Waals surface area (Å²) in [5.41, 5.74) is 4.66.